The summed E-state index contributed by atoms with van der Waals surface area (Å²) in [6, 6.07) is 29.1. The van der Waals surface area contributed by atoms with Crippen molar-refractivity contribution >= 4 is 11.0 Å². The van der Waals surface area contributed by atoms with E-state index in [2.05, 4.69) is 59.2 Å². The fraction of sp³-hybridized carbons (Fsp3) is 0.240. The summed E-state index contributed by atoms with van der Waals surface area (Å²) in [7, 11) is 0. The quantitative estimate of drug-likeness (QED) is 0.354. The van der Waals surface area contributed by atoms with Crippen LogP contribution in [0.3, 0.4) is 0 Å². The topological polar surface area (TPSA) is 27.1 Å². The molecule has 3 aromatic carbocycles. The maximum Gasteiger partial charge on any atom is 0.119 e. The lowest BCUT2D eigenvalue weighted by Gasteiger charge is -2.10. The number of nitrogens with zero attached hydrogens (tertiary/aromatic N) is 2. The fourth-order valence-electron chi connectivity index (χ4n) is 3.55. The minimum atomic E-state index is 0.746. The van der Waals surface area contributed by atoms with Gasteiger partial charge in [0, 0.05) is 13.0 Å². The minimum Gasteiger partial charge on any atom is -0.494 e. The molecule has 0 radical (unpaired) electrons. The molecule has 0 spiro atoms. The summed E-state index contributed by atoms with van der Waals surface area (Å²) in [5.41, 5.74) is 3.68. The molecule has 4 aromatic rings. The largest absolute Gasteiger partial charge is 0.494 e. The zero-order valence-electron chi connectivity index (χ0n) is 16.1. The molecule has 0 saturated heterocycles. The molecule has 0 aliphatic carbocycles. The Kier molecular flexibility index (Phi) is 6.03. The normalized spacial score (nSPS) is 11.0. The van der Waals surface area contributed by atoms with E-state index in [0.29, 0.717) is 0 Å². The van der Waals surface area contributed by atoms with Gasteiger partial charge in [0.2, 0.25) is 0 Å². The molecular weight excluding hydrogens is 344 g/mol. The Morgan fingerprint density at radius 2 is 1.43 bits per heavy atom. The third-order valence-corrected chi connectivity index (χ3v) is 5.00. The maximum atomic E-state index is 5.82. The van der Waals surface area contributed by atoms with Crippen LogP contribution in [0.25, 0.3) is 11.0 Å². The van der Waals surface area contributed by atoms with Gasteiger partial charge in [-0.3, -0.25) is 0 Å². The van der Waals surface area contributed by atoms with Crippen LogP contribution in [0.5, 0.6) is 5.75 Å². The number of aryl methyl sites for hydroxylation is 3. The lowest BCUT2D eigenvalue weighted by Crippen LogP contribution is -2.07. The van der Waals surface area contributed by atoms with E-state index in [-0.39, 0.29) is 0 Å². The third kappa shape index (κ3) is 4.61. The van der Waals surface area contributed by atoms with Gasteiger partial charge in [0.05, 0.1) is 17.6 Å². The number of ether oxygens (including phenoxy) is 1. The average molecular weight is 370 g/mol. The Labute approximate surface area is 166 Å². The number of unbranched alkanes of at least 4 members (excludes halogenated alkanes) is 1. The standard InChI is InChI=1S/C25H26N2O/c1-3-11-21(12-4-1)17-18-25-26-23-15-7-8-16-24(23)27(25)19-9-10-20-28-22-13-5-2-6-14-22/h1-8,11-16H,9-10,17-20H2. The van der Waals surface area contributed by atoms with E-state index >= 15 is 0 Å². The zero-order valence-corrected chi connectivity index (χ0v) is 16.1. The van der Waals surface area contributed by atoms with Crippen molar-refractivity contribution in [3.63, 3.8) is 0 Å². The highest BCUT2D eigenvalue weighted by atomic mass is 16.5. The van der Waals surface area contributed by atoms with Crippen LogP contribution in [-0.4, -0.2) is 16.2 Å². The summed E-state index contributed by atoms with van der Waals surface area (Å²) in [4.78, 5) is 4.91. The predicted molar refractivity (Wildman–Crippen MR) is 115 cm³/mol. The molecule has 0 fully saturated rings. The lowest BCUT2D eigenvalue weighted by atomic mass is 10.1. The number of para-hydroxylation sites is 3. The molecule has 0 atom stereocenters. The van der Waals surface area contributed by atoms with Crippen LogP contribution in [0.1, 0.15) is 24.2 Å². The van der Waals surface area contributed by atoms with E-state index < -0.39 is 0 Å². The fourth-order valence-corrected chi connectivity index (χ4v) is 3.55. The summed E-state index contributed by atoms with van der Waals surface area (Å²) in [5, 5.41) is 0. The Morgan fingerprint density at radius 3 is 2.25 bits per heavy atom. The lowest BCUT2D eigenvalue weighted by molar-refractivity contribution is 0.303. The Balaban J connectivity index is 1.38. The van der Waals surface area contributed by atoms with Gasteiger partial charge in [0.25, 0.3) is 0 Å². The molecule has 4 rings (SSSR count). The van der Waals surface area contributed by atoms with E-state index in [4.69, 9.17) is 9.72 Å². The number of imidazole rings is 1. The van der Waals surface area contributed by atoms with Gasteiger partial charge in [0.1, 0.15) is 11.6 Å². The van der Waals surface area contributed by atoms with Gasteiger partial charge >= 0.3 is 0 Å². The van der Waals surface area contributed by atoms with Crippen LogP contribution in [0.15, 0.2) is 84.9 Å². The molecule has 1 aromatic heterocycles. The van der Waals surface area contributed by atoms with E-state index in [9.17, 15) is 0 Å². The number of rotatable bonds is 9. The van der Waals surface area contributed by atoms with Crippen molar-refractivity contribution in [2.24, 2.45) is 0 Å². The van der Waals surface area contributed by atoms with Gasteiger partial charge in [-0.2, -0.15) is 0 Å². The van der Waals surface area contributed by atoms with E-state index in [1.807, 2.05) is 30.3 Å². The van der Waals surface area contributed by atoms with Crippen LogP contribution in [0.2, 0.25) is 0 Å². The first-order valence-electron chi connectivity index (χ1n) is 10.1. The highest BCUT2D eigenvalue weighted by Crippen LogP contribution is 2.19. The number of hydrogen-bond acceptors (Lipinski definition) is 2. The summed E-state index contributed by atoms with van der Waals surface area (Å²) in [6.07, 6.45) is 4.07. The maximum absolute atomic E-state index is 5.82. The monoisotopic (exact) mass is 370 g/mol. The molecule has 28 heavy (non-hydrogen) atoms. The number of fused-ring (bicyclic) bond motifs is 1. The molecule has 0 amide bonds. The van der Waals surface area contributed by atoms with E-state index in [1.165, 1.54) is 16.9 Å². The van der Waals surface area contributed by atoms with Gasteiger partial charge < -0.3 is 9.30 Å². The number of benzene rings is 3. The Bertz CT molecular complexity index is 993. The van der Waals surface area contributed by atoms with Crippen molar-refractivity contribution in [1.29, 1.82) is 0 Å². The summed E-state index contributed by atoms with van der Waals surface area (Å²) < 4.78 is 8.21. The summed E-state index contributed by atoms with van der Waals surface area (Å²) in [6.45, 7) is 1.72. The molecule has 0 N–H and O–H groups in total. The average Bonchev–Trinajstić information content (AvgIpc) is 3.11. The SMILES string of the molecule is c1ccc(CCc2nc3ccccc3n2CCCCOc2ccccc2)cc1. The van der Waals surface area contributed by atoms with Crippen molar-refractivity contribution in [3.8, 4) is 5.75 Å². The first-order chi connectivity index (χ1) is 13.9. The van der Waals surface area contributed by atoms with Gasteiger partial charge in [-0.15, -0.1) is 0 Å². The number of aromatic nitrogens is 2. The van der Waals surface area contributed by atoms with Gasteiger partial charge in [-0.25, -0.2) is 4.98 Å². The van der Waals surface area contributed by atoms with Gasteiger partial charge in [-0.1, -0.05) is 60.7 Å². The third-order valence-electron chi connectivity index (χ3n) is 5.00. The minimum absolute atomic E-state index is 0.746. The Hall–Kier alpha value is -3.07. The highest BCUT2D eigenvalue weighted by molar-refractivity contribution is 5.75. The first-order valence-corrected chi connectivity index (χ1v) is 10.1. The smallest absolute Gasteiger partial charge is 0.119 e. The van der Waals surface area contributed by atoms with Crippen molar-refractivity contribution in [2.45, 2.75) is 32.2 Å². The van der Waals surface area contributed by atoms with E-state index in [1.54, 1.807) is 0 Å². The second kappa shape index (κ2) is 9.23. The van der Waals surface area contributed by atoms with Crippen molar-refractivity contribution in [1.82, 2.24) is 9.55 Å². The highest BCUT2D eigenvalue weighted by Gasteiger charge is 2.10. The summed E-state index contributed by atoms with van der Waals surface area (Å²) in [5.74, 6) is 2.12. The van der Waals surface area contributed by atoms with Crippen LogP contribution in [0, 0.1) is 0 Å². The van der Waals surface area contributed by atoms with Crippen LogP contribution >= 0.6 is 0 Å². The molecule has 0 aliphatic rings. The molecule has 142 valence electrons. The Morgan fingerprint density at radius 1 is 0.714 bits per heavy atom. The van der Waals surface area contributed by atoms with E-state index in [0.717, 1.165) is 50.1 Å². The molecule has 0 bridgehead atoms. The molecule has 0 saturated carbocycles. The van der Waals surface area contributed by atoms with Gasteiger partial charge in [0.15, 0.2) is 0 Å². The zero-order chi connectivity index (χ0) is 19.0. The van der Waals surface area contributed by atoms with Crippen LogP contribution < -0.4 is 4.74 Å². The molecule has 3 nitrogen and oxygen atoms in total. The molecule has 1 heterocycles. The number of hydrogen-bond donors (Lipinski definition) is 0. The van der Waals surface area contributed by atoms with Crippen molar-refractivity contribution < 1.29 is 4.74 Å². The van der Waals surface area contributed by atoms with Gasteiger partial charge in [-0.05, 0) is 49.1 Å². The summed E-state index contributed by atoms with van der Waals surface area (Å²) >= 11 is 0. The van der Waals surface area contributed by atoms with Crippen molar-refractivity contribution in [2.75, 3.05) is 6.61 Å². The second-order valence-electron chi connectivity index (χ2n) is 7.02. The molecule has 0 aliphatic heterocycles. The molecular formula is C25H26N2O. The van der Waals surface area contributed by atoms with Crippen LogP contribution in [0.4, 0.5) is 0 Å². The molecule has 0 unspecified atom stereocenters. The van der Waals surface area contributed by atoms with Crippen molar-refractivity contribution in [3.05, 3.63) is 96.3 Å². The first kappa shape index (κ1) is 18.3. The molecule has 3 heteroatoms. The predicted octanol–water partition coefficient (Wildman–Crippen LogP) is 5.68. The van der Waals surface area contributed by atoms with Crippen LogP contribution in [-0.2, 0) is 19.4 Å². The second-order valence-corrected chi connectivity index (χ2v) is 7.02.